The van der Waals surface area contributed by atoms with Crippen molar-refractivity contribution >= 4 is 17.3 Å². The predicted molar refractivity (Wildman–Crippen MR) is 143 cm³/mol. The van der Waals surface area contributed by atoms with E-state index in [0.29, 0.717) is 25.2 Å². The molecule has 0 spiro atoms. The SMILES string of the molecule is CC(C)C(=O)CCCC(=O)O[C@H]1CC[C@@]2(C)C(=CC[C@@H]3[C@@H]2CC[C@]2(C)C(c4cccnc4)=CC[C@@H]32)C1. The molecular weight excluding hydrogens is 446 g/mol. The molecule has 0 bridgehead atoms. The maximum Gasteiger partial charge on any atom is 0.306 e. The number of rotatable bonds is 7. The fourth-order valence-electron chi connectivity index (χ4n) is 8.21. The highest BCUT2D eigenvalue weighted by Gasteiger charge is 2.57. The van der Waals surface area contributed by atoms with E-state index in [2.05, 4.69) is 43.1 Å². The maximum atomic E-state index is 12.5. The largest absolute Gasteiger partial charge is 0.462 e. The summed E-state index contributed by atoms with van der Waals surface area (Å²) in [7, 11) is 0. The van der Waals surface area contributed by atoms with Crippen molar-refractivity contribution in [3.8, 4) is 0 Å². The molecule has 1 heterocycles. The van der Waals surface area contributed by atoms with Crippen LogP contribution in [0.15, 0.2) is 42.3 Å². The van der Waals surface area contributed by atoms with Crippen LogP contribution in [-0.4, -0.2) is 22.8 Å². The van der Waals surface area contributed by atoms with Gasteiger partial charge in [-0.2, -0.15) is 0 Å². The molecule has 194 valence electrons. The molecule has 1 aromatic heterocycles. The standard InChI is InChI=1S/C32H43NO3/c1-21(2)29(34)8-5-9-30(35)36-24-14-16-31(3)23(19-24)10-11-25-27-13-12-26(22-7-6-18-33-20-22)32(27,4)17-15-28(25)31/h6-7,10,12,18,20-21,24-25,27-28H,5,8-9,11,13-17,19H2,1-4H3/t24-,25-,27-,28-,31-,32+/m0/s1. The number of pyridine rings is 1. The average Bonchev–Trinajstić information content (AvgIpc) is 3.22. The summed E-state index contributed by atoms with van der Waals surface area (Å²) >= 11 is 0. The van der Waals surface area contributed by atoms with Crippen molar-refractivity contribution in [1.29, 1.82) is 0 Å². The van der Waals surface area contributed by atoms with Gasteiger partial charge in [0.25, 0.3) is 0 Å². The molecule has 0 aromatic carbocycles. The summed E-state index contributed by atoms with van der Waals surface area (Å²) in [6.45, 7) is 8.83. The lowest BCUT2D eigenvalue weighted by Crippen LogP contribution is -2.50. The van der Waals surface area contributed by atoms with Crippen molar-refractivity contribution in [3.63, 3.8) is 0 Å². The number of ketones is 1. The number of carbonyl (C=O) groups is 2. The van der Waals surface area contributed by atoms with E-state index in [1.807, 2.05) is 26.2 Å². The lowest BCUT2D eigenvalue weighted by atomic mass is 9.47. The van der Waals surface area contributed by atoms with Gasteiger partial charge in [-0.15, -0.1) is 0 Å². The smallest absolute Gasteiger partial charge is 0.306 e. The molecule has 4 aliphatic rings. The van der Waals surface area contributed by atoms with Crippen LogP contribution >= 0.6 is 0 Å². The number of hydrogen-bond acceptors (Lipinski definition) is 4. The summed E-state index contributed by atoms with van der Waals surface area (Å²) in [5.41, 5.74) is 4.83. The van der Waals surface area contributed by atoms with Crippen molar-refractivity contribution in [2.24, 2.45) is 34.5 Å². The van der Waals surface area contributed by atoms with Crippen LogP contribution < -0.4 is 0 Å². The topological polar surface area (TPSA) is 56.3 Å². The second-order valence-electron chi connectivity index (χ2n) is 12.6. The van der Waals surface area contributed by atoms with Crippen LogP contribution in [0.5, 0.6) is 0 Å². The molecule has 2 saturated carbocycles. The molecule has 6 atom stereocenters. The zero-order valence-corrected chi connectivity index (χ0v) is 22.6. The molecule has 0 saturated heterocycles. The van der Waals surface area contributed by atoms with Crippen molar-refractivity contribution < 1.29 is 14.3 Å². The molecule has 36 heavy (non-hydrogen) atoms. The van der Waals surface area contributed by atoms with E-state index < -0.39 is 0 Å². The summed E-state index contributed by atoms with van der Waals surface area (Å²) in [5.74, 6) is 2.27. The highest BCUT2D eigenvalue weighted by molar-refractivity contribution is 5.80. The molecule has 5 rings (SSSR count). The number of carbonyl (C=O) groups excluding carboxylic acids is 2. The van der Waals surface area contributed by atoms with Crippen LogP contribution in [0.2, 0.25) is 0 Å². The van der Waals surface area contributed by atoms with E-state index in [0.717, 1.165) is 37.5 Å². The van der Waals surface area contributed by atoms with Gasteiger partial charge in [-0.1, -0.05) is 51.5 Å². The molecule has 0 N–H and O–H groups in total. The summed E-state index contributed by atoms with van der Waals surface area (Å²) in [6, 6.07) is 4.29. The molecule has 0 aliphatic heterocycles. The Morgan fingerprint density at radius 3 is 2.61 bits per heavy atom. The van der Waals surface area contributed by atoms with Gasteiger partial charge in [-0.3, -0.25) is 14.6 Å². The molecule has 4 heteroatoms. The van der Waals surface area contributed by atoms with Crippen molar-refractivity contribution in [2.45, 2.75) is 98.0 Å². The Balaban J connectivity index is 1.22. The van der Waals surface area contributed by atoms with Gasteiger partial charge in [0.1, 0.15) is 11.9 Å². The van der Waals surface area contributed by atoms with E-state index in [1.165, 1.54) is 36.0 Å². The molecule has 4 nitrogen and oxygen atoms in total. The number of allylic oxidation sites excluding steroid dienone is 3. The van der Waals surface area contributed by atoms with Gasteiger partial charge in [0, 0.05) is 37.6 Å². The normalized spacial score (nSPS) is 35.2. The van der Waals surface area contributed by atoms with Crippen LogP contribution in [0, 0.1) is 34.5 Å². The Labute approximate surface area is 217 Å². The second-order valence-corrected chi connectivity index (χ2v) is 12.6. The van der Waals surface area contributed by atoms with Crippen LogP contribution in [0.1, 0.15) is 97.5 Å². The Hall–Kier alpha value is -2.23. The third kappa shape index (κ3) is 4.50. The second kappa shape index (κ2) is 9.91. The monoisotopic (exact) mass is 489 g/mol. The van der Waals surface area contributed by atoms with E-state index in [4.69, 9.17) is 4.74 Å². The Morgan fingerprint density at radius 2 is 1.86 bits per heavy atom. The lowest BCUT2D eigenvalue weighted by molar-refractivity contribution is -0.151. The fraction of sp³-hybridized carbons (Fsp3) is 0.656. The van der Waals surface area contributed by atoms with E-state index in [1.54, 1.807) is 0 Å². The summed E-state index contributed by atoms with van der Waals surface area (Å²) in [4.78, 5) is 28.7. The average molecular weight is 490 g/mol. The number of esters is 1. The Morgan fingerprint density at radius 1 is 1.06 bits per heavy atom. The van der Waals surface area contributed by atoms with Gasteiger partial charge >= 0.3 is 5.97 Å². The predicted octanol–water partition coefficient (Wildman–Crippen LogP) is 7.34. The zero-order chi connectivity index (χ0) is 25.5. The maximum absolute atomic E-state index is 12.5. The third-order valence-corrected chi connectivity index (χ3v) is 10.4. The molecule has 1 aromatic rings. The summed E-state index contributed by atoms with van der Waals surface area (Å²) in [6.07, 6.45) is 18.2. The van der Waals surface area contributed by atoms with E-state index >= 15 is 0 Å². The molecule has 0 radical (unpaired) electrons. The first kappa shape index (κ1) is 25.4. The minimum atomic E-state index is -0.136. The minimum Gasteiger partial charge on any atom is -0.462 e. The number of ether oxygens (including phenoxy) is 1. The summed E-state index contributed by atoms with van der Waals surface area (Å²) < 4.78 is 5.91. The highest BCUT2D eigenvalue weighted by atomic mass is 16.5. The highest BCUT2D eigenvalue weighted by Crippen LogP contribution is 2.66. The van der Waals surface area contributed by atoms with Crippen LogP contribution in [0.4, 0.5) is 0 Å². The van der Waals surface area contributed by atoms with Crippen molar-refractivity contribution in [3.05, 3.63) is 47.8 Å². The van der Waals surface area contributed by atoms with Crippen molar-refractivity contribution in [1.82, 2.24) is 4.98 Å². The first-order valence-corrected chi connectivity index (χ1v) is 14.2. The lowest BCUT2D eigenvalue weighted by Gasteiger charge is -2.57. The molecule has 0 amide bonds. The van der Waals surface area contributed by atoms with E-state index in [-0.39, 0.29) is 34.6 Å². The zero-order valence-electron chi connectivity index (χ0n) is 22.6. The Kier molecular flexibility index (Phi) is 7.00. The fourth-order valence-corrected chi connectivity index (χ4v) is 8.21. The number of fused-ring (bicyclic) bond motifs is 5. The molecular formula is C32H43NO3. The van der Waals surface area contributed by atoms with Crippen molar-refractivity contribution in [2.75, 3.05) is 0 Å². The number of aromatic nitrogens is 1. The van der Waals surface area contributed by atoms with Gasteiger partial charge in [-0.25, -0.2) is 0 Å². The quantitative estimate of drug-likeness (QED) is 0.297. The molecule has 2 fully saturated rings. The van der Waals surface area contributed by atoms with Gasteiger partial charge in [-0.05, 0) is 90.7 Å². The minimum absolute atomic E-state index is 0.00615. The van der Waals surface area contributed by atoms with E-state index in [9.17, 15) is 9.59 Å². The third-order valence-electron chi connectivity index (χ3n) is 10.4. The van der Waals surface area contributed by atoms with Gasteiger partial charge in [0.2, 0.25) is 0 Å². The number of nitrogens with zero attached hydrogens (tertiary/aromatic N) is 1. The van der Waals surface area contributed by atoms with Gasteiger partial charge in [0.15, 0.2) is 0 Å². The first-order valence-electron chi connectivity index (χ1n) is 14.2. The van der Waals surface area contributed by atoms with Gasteiger partial charge in [0.05, 0.1) is 0 Å². The molecule has 4 aliphatic carbocycles. The van der Waals surface area contributed by atoms with Crippen LogP contribution in [0.3, 0.4) is 0 Å². The Bertz CT molecular complexity index is 1060. The van der Waals surface area contributed by atoms with Crippen LogP contribution in [-0.2, 0) is 14.3 Å². The van der Waals surface area contributed by atoms with Gasteiger partial charge < -0.3 is 4.74 Å². The molecule has 0 unspecified atom stereocenters. The van der Waals surface area contributed by atoms with Crippen LogP contribution in [0.25, 0.3) is 5.57 Å². The number of Topliss-reactive ketones (excluding diaryl/α,β-unsaturated/α-hetero) is 1. The first-order chi connectivity index (χ1) is 17.2. The summed E-state index contributed by atoms with van der Waals surface area (Å²) in [5, 5.41) is 0. The number of hydrogen-bond donors (Lipinski definition) is 0.